The summed E-state index contributed by atoms with van der Waals surface area (Å²) in [5.74, 6) is -0.121. The van der Waals surface area contributed by atoms with Gasteiger partial charge in [0.25, 0.3) is 0 Å². The van der Waals surface area contributed by atoms with E-state index >= 15 is 0 Å². The molecule has 6 atom stereocenters. The van der Waals surface area contributed by atoms with E-state index in [9.17, 15) is 25.2 Å². The lowest BCUT2D eigenvalue weighted by atomic mass is 9.80. The van der Waals surface area contributed by atoms with Crippen molar-refractivity contribution in [2.24, 2.45) is 5.92 Å². The Morgan fingerprint density at radius 1 is 1.08 bits per heavy atom. The number of ether oxygens (including phenoxy) is 4. The van der Waals surface area contributed by atoms with Gasteiger partial charge in [-0.2, -0.15) is 0 Å². The molecule has 0 unspecified atom stereocenters. The van der Waals surface area contributed by atoms with Gasteiger partial charge in [0.15, 0.2) is 11.3 Å². The maximum Gasteiger partial charge on any atom is 0.313 e. The summed E-state index contributed by atoms with van der Waals surface area (Å²) in [7, 11) is 1.48. The van der Waals surface area contributed by atoms with Crippen molar-refractivity contribution in [1.82, 2.24) is 0 Å². The van der Waals surface area contributed by atoms with Crippen LogP contribution in [0.15, 0.2) is 16.8 Å². The molecule has 2 fully saturated rings. The van der Waals surface area contributed by atoms with Gasteiger partial charge in [0.05, 0.1) is 32.5 Å². The summed E-state index contributed by atoms with van der Waals surface area (Å²) in [5, 5.41) is 41.7. The van der Waals surface area contributed by atoms with Crippen molar-refractivity contribution in [3.8, 4) is 11.5 Å². The first kappa shape index (κ1) is 27.0. The molecule has 1 saturated carbocycles. The minimum Gasteiger partial charge on any atom is -0.490 e. The fourth-order valence-corrected chi connectivity index (χ4v) is 5.93. The molecule has 5 rings (SSSR count). The Morgan fingerprint density at radius 2 is 1.84 bits per heavy atom. The molecule has 2 heterocycles. The van der Waals surface area contributed by atoms with Gasteiger partial charge in [0.1, 0.15) is 24.4 Å². The molecule has 0 spiro atoms. The van der Waals surface area contributed by atoms with Gasteiger partial charge < -0.3 is 43.8 Å². The average molecular weight is 533 g/mol. The van der Waals surface area contributed by atoms with Gasteiger partial charge in [-0.1, -0.05) is 31.4 Å². The number of fused-ring (bicyclic) bond motifs is 3. The fraction of sp³-hybridized carbons (Fsp3) is 0.607. The Morgan fingerprint density at radius 3 is 2.53 bits per heavy atom. The molecule has 0 radical (unpaired) electrons. The van der Waals surface area contributed by atoms with E-state index in [-0.39, 0.29) is 30.5 Å². The smallest absolute Gasteiger partial charge is 0.313 e. The van der Waals surface area contributed by atoms with Gasteiger partial charge in [-0.05, 0) is 37.7 Å². The van der Waals surface area contributed by atoms with Crippen LogP contribution in [0.1, 0.15) is 61.6 Å². The SMILES string of the molecule is CCOC(=O)[C@H]1C=Cc2c(c(O[C@H]3O[C@H](CO)[C@@H](O)[C@H](O)[C@H]3O)c(OC)c3occ(C4CCCCC4)c23)C1. The number of benzene rings is 1. The molecule has 10 heteroatoms. The predicted molar refractivity (Wildman–Crippen MR) is 136 cm³/mol. The van der Waals surface area contributed by atoms with Crippen LogP contribution in [-0.4, -0.2) is 77.4 Å². The van der Waals surface area contributed by atoms with Crippen molar-refractivity contribution in [2.75, 3.05) is 20.3 Å². The summed E-state index contributed by atoms with van der Waals surface area (Å²) in [6.07, 6.45) is 4.04. The van der Waals surface area contributed by atoms with E-state index in [0.29, 0.717) is 17.1 Å². The highest BCUT2D eigenvalue weighted by Crippen LogP contribution is 2.50. The Balaban J connectivity index is 1.64. The van der Waals surface area contributed by atoms with E-state index in [0.717, 1.165) is 42.2 Å². The molecular formula is C28H36O10. The number of carbonyl (C=O) groups is 1. The minimum atomic E-state index is -1.61. The third-order valence-corrected chi connectivity index (χ3v) is 7.94. The second kappa shape index (κ2) is 11.2. The van der Waals surface area contributed by atoms with Crippen LogP contribution in [0.25, 0.3) is 17.0 Å². The summed E-state index contributed by atoms with van der Waals surface area (Å²) < 4.78 is 28.9. The minimum absolute atomic E-state index is 0.197. The Hall–Kier alpha value is -2.63. The quantitative estimate of drug-likeness (QED) is 0.392. The first-order valence-corrected chi connectivity index (χ1v) is 13.3. The lowest BCUT2D eigenvalue weighted by Crippen LogP contribution is -2.60. The summed E-state index contributed by atoms with van der Waals surface area (Å²) >= 11 is 0. The van der Waals surface area contributed by atoms with Crippen LogP contribution < -0.4 is 9.47 Å². The summed E-state index contributed by atoms with van der Waals surface area (Å²) in [6, 6.07) is 0. The number of furan rings is 1. The van der Waals surface area contributed by atoms with Crippen molar-refractivity contribution < 1.29 is 48.6 Å². The number of esters is 1. The number of rotatable bonds is 7. The van der Waals surface area contributed by atoms with Crippen molar-refractivity contribution in [1.29, 1.82) is 0 Å². The summed E-state index contributed by atoms with van der Waals surface area (Å²) in [5.41, 5.74) is 3.05. The lowest BCUT2D eigenvalue weighted by Gasteiger charge is -2.40. The third kappa shape index (κ3) is 4.69. The molecule has 2 aromatic rings. The van der Waals surface area contributed by atoms with Crippen LogP contribution in [0.5, 0.6) is 11.5 Å². The Kier molecular flexibility index (Phi) is 7.97. The molecule has 3 aliphatic rings. The van der Waals surface area contributed by atoms with Crippen LogP contribution >= 0.6 is 0 Å². The van der Waals surface area contributed by atoms with E-state index in [1.807, 2.05) is 12.2 Å². The average Bonchev–Trinajstić information content (AvgIpc) is 3.38. The van der Waals surface area contributed by atoms with Crippen LogP contribution in [0.2, 0.25) is 0 Å². The normalized spacial score (nSPS) is 29.7. The molecular weight excluding hydrogens is 496 g/mol. The van der Waals surface area contributed by atoms with Crippen LogP contribution in [0, 0.1) is 5.92 Å². The predicted octanol–water partition coefficient (Wildman–Crippen LogP) is 2.42. The molecule has 10 nitrogen and oxygen atoms in total. The molecule has 0 bridgehead atoms. The number of aliphatic hydroxyl groups excluding tert-OH is 4. The van der Waals surface area contributed by atoms with Gasteiger partial charge in [-0.25, -0.2) is 0 Å². The molecule has 1 aromatic heterocycles. The lowest BCUT2D eigenvalue weighted by molar-refractivity contribution is -0.277. The summed E-state index contributed by atoms with van der Waals surface area (Å²) in [6.45, 7) is 1.41. The second-order valence-corrected chi connectivity index (χ2v) is 10.2. The number of hydrogen-bond acceptors (Lipinski definition) is 10. The van der Waals surface area contributed by atoms with Crippen molar-refractivity contribution >= 4 is 23.0 Å². The molecule has 1 aromatic carbocycles. The van der Waals surface area contributed by atoms with E-state index < -0.39 is 43.2 Å². The molecule has 1 aliphatic heterocycles. The zero-order valence-electron chi connectivity index (χ0n) is 21.7. The van der Waals surface area contributed by atoms with Crippen molar-refractivity contribution in [3.05, 3.63) is 29.0 Å². The summed E-state index contributed by atoms with van der Waals surface area (Å²) in [4.78, 5) is 12.7. The highest BCUT2D eigenvalue weighted by molar-refractivity contribution is 5.99. The van der Waals surface area contributed by atoms with Gasteiger partial charge >= 0.3 is 5.97 Å². The highest BCUT2D eigenvalue weighted by Gasteiger charge is 2.46. The first-order chi connectivity index (χ1) is 18.4. The largest absolute Gasteiger partial charge is 0.490 e. The number of aliphatic hydroxyl groups is 4. The van der Waals surface area contributed by atoms with Crippen LogP contribution in [0.3, 0.4) is 0 Å². The topological polar surface area (TPSA) is 148 Å². The molecule has 1 saturated heterocycles. The van der Waals surface area contributed by atoms with Gasteiger partial charge in [0, 0.05) is 16.5 Å². The number of carbonyl (C=O) groups excluding carboxylic acids is 1. The standard InChI is InChI=1S/C28H36O10/c1-3-35-27(33)15-9-10-16-17(11-15)24(38-28-23(32)22(31)21(30)19(12-29)37-28)26(34-2)25-20(16)18(13-36-25)14-7-5-4-6-8-14/h9-10,13-15,19,21-23,28-32H,3-8,11-12H2,1-2H3/t15-,19+,21+,22-,23+,28+/m0/s1. The van der Waals surface area contributed by atoms with E-state index in [1.165, 1.54) is 13.5 Å². The fourth-order valence-electron chi connectivity index (χ4n) is 5.93. The number of methoxy groups -OCH3 is 1. The van der Waals surface area contributed by atoms with Crippen molar-refractivity contribution in [3.63, 3.8) is 0 Å². The van der Waals surface area contributed by atoms with Crippen LogP contribution in [-0.2, 0) is 20.7 Å². The van der Waals surface area contributed by atoms with E-state index in [2.05, 4.69) is 0 Å². The zero-order chi connectivity index (χ0) is 27.0. The Bertz CT molecular complexity index is 1180. The van der Waals surface area contributed by atoms with Gasteiger partial charge in [-0.3, -0.25) is 4.79 Å². The number of hydrogen-bond donors (Lipinski definition) is 4. The molecule has 0 amide bonds. The first-order valence-electron chi connectivity index (χ1n) is 13.3. The molecule has 2 aliphatic carbocycles. The molecule has 38 heavy (non-hydrogen) atoms. The maximum absolute atomic E-state index is 12.7. The maximum atomic E-state index is 12.7. The highest BCUT2D eigenvalue weighted by atomic mass is 16.7. The van der Waals surface area contributed by atoms with Crippen LogP contribution in [0.4, 0.5) is 0 Å². The molecule has 4 N–H and O–H groups in total. The monoisotopic (exact) mass is 532 g/mol. The van der Waals surface area contributed by atoms with Gasteiger partial charge in [-0.15, -0.1) is 0 Å². The molecule has 208 valence electrons. The second-order valence-electron chi connectivity index (χ2n) is 10.2. The third-order valence-electron chi connectivity index (χ3n) is 7.94. The van der Waals surface area contributed by atoms with E-state index in [4.69, 9.17) is 23.4 Å². The van der Waals surface area contributed by atoms with E-state index in [1.54, 1.807) is 13.2 Å². The zero-order valence-corrected chi connectivity index (χ0v) is 21.7. The van der Waals surface area contributed by atoms with Gasteiger partial charge in [0.2, 0.25) is 12.0 Å². The van der Waals surface area contributed by atoms with Crippen molar-refractivity contribution in [2.45, 2.75) is 82.1 Å². The Labute approximate surface area is 220 Å².